The first-order chi connectivity index (χ1) is 5.74. The van der Waals surface area contributed by atoms with Crippen molar-refractivity contribution in [1.82, 2.24) is 4.90 Å². The highest BCUT2D eigenvalue weighted by molar-refractivity contribution is 9.09. The normalized spacial score (nSPS) is 31.2. The van der Waals surface area contributed by atoms with Gasteiger partial charge in [-0.05, 0) is 38.6 Å². The standard InChI is InChI=1S/C10H20BrN/c1-9-7-10(2)12(8-9)6-4-3-5-11/h9-10H,3-8H2,1-2H3. The van der Waals surface area contributed by atoms with E-state index in [-0.39, 0.29) is 0 Å². The van der Waals surface area contributed by atoms with Gasteiger partial charge in [0, 0.05) is 17.9 Å². The molecule has 0 aromatic heterocycles. The lowest BCUT2D eigenvalue weighted by atomic mass is 10.1. The smallest absolute Gasteiger partial charge is 0.00700 e. The predicted molar refractivity (Wildman–Crippen MR) is 57.8 cm³/mol. The van der Waals surface area contributed by atoms with E-state index in [9.17, 15) is 0 Å². The zero-order valence-corrected chi connectivity index (χ0v) is 9.81. The van der Waals surface area contributed by atoms with Gasteiger partial charge in [0.15, 0.2) is 0 Å². The molecule has 2 atom stereocenters. The van der Waals surface area contributed by atoms with Gasteiger partial charge in [-0.15, -0.1) is 0 Å². The van der Waals surface area contributed by atoms with Crippen molar-refractivity contribution in [3.63, 3.8) is 0 Å². The average Bonchev–Trinajstić information content (AvgIpc) is 2.31. The quantitative estimate of drug-likeness (QED) is 0.534. The fraction of sp³-hybridized carbons (Fsp3) is 1.00. The summed E-state index contributed by atoms with van der Waals surface area (Å²) in [4.78, 5) is 2.63. The van der Waals surface area contributed by atoms with Crippen molar-refractivity contribution in [2.45, 2.75) is 39.2 Å². The number of hydrogen-bond acceptors (Lipinski definition) is 1. The molecule has 1 saturated heterocycles. The minimum absolute atomic E-state index is 0.829. The van der Waals surface area contributed by atoms with Gasteiger partial charge < -0.3 is 4.90 Å². The van der Waals surface area contributed by atoms with Gasteiger partial charge in [-0.2, -0.15) is 0 Å². The summed E-state index contributed by atoms with van der Waals surface area (Å²) >= 11 is 3.47. The second kappa shape index (κ2) is 5.23. The van der Waals surface area contributed by atoms with Crippen LogP contribution in [-0.2, 0) is 0 Å². The Balaban J connectivity index is 2.15. The highest BCUT2D eigenvalue weighted by atomic mass is 79.9. The lowest BCUT2D eigenvalue weighted by Gasteiger charge is -2.20. The molecule has 1 rings (SSSR count). The van der Waals surface area contributed by atoms with Gasteiger partial charge in [0.2, 0.25) is 0 Å². The maximum Gasteiger partial charge on any atom is 0.00700 e. The number of nitrogens with zero attached hydrogens (tertiary/aromatic N) is 1. The Bertz CT molecular complexity index is 127. The third-order valence-electron chi connectivity index (χ3n) is 2.74. The molecule has 1 aliphatic heterocycles. The van der Waals surface area contributed by atoms with Gasteiger partial charge in [0.05, 0.1) is 0 Å². The fourth-order valence-corrected chi connectivity index (χ4v) is 2.50. The molecule has 0 bridgehead atoms. The summed E-state index contributed by atoms with van der Waals surface area (Å²) < 4.78 is 0. The molecule has 1 aliphatic rings. The maximum atomic E-state index is 3.47. The monoisotopic (exact) mass is 233 g/mol. The molecule has 0 saturated carbocycles. The number of hydrogen-bond donors (Lipinski definition) is 0. The molecule has 12 heavy (non-hydrogen) atoms. The van der Waals surface area contributed by atoms with Crippen molar-refractivity contribution < 1.29 is 0 Å². The van der Waals surface area contributed by atoms with E-state index in [1.54, 1.807) is 0 Å². The third-order valence-corrected chi connectivity index (χ3v) is 3.30. The minimum Gasteiger partial charge on any atom is -0.300 e. The highest BCUT2D eigenvalue weighted by Gasteiger charge is 2.24. The molecular weight excluding hydrogens is 214 g/mol. The topological polar surface area (TPSA) is 3.24 Å². The summed E-state index contributed by atoms with van der Waals surface area (Å²) in [7, 11) is 0. The lowest BCUT2D eigenvalue weighted by molar-refractivity contribution is 0.261. The molecule has 1 nitrogen and oxygen atoms in total. The van der Waals surface area contributed by atoms with E-state index in [4.69, 9.17) is 0 Å². The van der Waals surface area contributed by atoms with Crippen molar-refractivity contribution in [2.75, 3.05) is 18.4 Å². The Morgan fingerprint density at radius 2 is 2.08 bits per heavy atom. The van der Waals surface area contributed by atoms with Gasteiger partial charge in [-0.25, -0.2) is 0 Å². The first-order valence-electron chi connectivity index (χ1n) is 5.04. The van der Waals surface area contributed by atoms with E-state index in [0.717, 1.165) is 17.3 Å². The van der Waals surface area contributed by atoms with Crippen LogP contribution in [0.1, 0.15) is 33.1 Å². The average molecular weight is 234 g/mol. The first-order valence-corrected chi connectivity index (χ1v) is 6.16. The van der Waals surface area contributed by atoms with Crippen LogP contribution in [0.3, 0.4) is 0 Å². The molecule has 0 spiro atoms. The van der Waals surface area contributed by atoms with Gasteiger partial charge in [-0.1, -0.05) is 22.9 Å². The predicted octanol–water partition coefficient (Wildman–Crippen LogP) is 2.89. The summed E-state index contributed by atoms with van der Waals surface area (Å²) in [6.07, 6.45) is 4.06. The second-order valence-electron chi connectivity index (χ2n) is 4.08. The van der Waals surface area contributed by atoms with Crippen LogP contribution in [0.5, 0.6) is 0 Å². The van der Waals surface area contributed by atoms with Crippen LogP contribution in [0.4, 0.5) is 0 Å². The first kappa shape index (κ1) is 10.5. The Hall–Kier alpha value is 0.440. The fourth-order valence-electron chi connectivity index (χ4n) is 2.11. The van der Waals surface area contributed by atoms with Crippen molar-refractivity contribution >= 4 is 15.9 Å². The Kier molecular flexibility index (Phi) is 4.59. The summed E-state index contributed by atoms with van der Waals surface area (Å²) in [6, 6.07) is 0.829. The summed E-state index contributed by atoms with van der Waals surface area (Å²) in [6.45, 7) is 7.35. The largest absolute Gasteiger partial charge is 0.300 e. The van der Waals surface area contributed by atoms with E-state index in [2.05, 4.69) is 34.7 Å². The summed E-state index contributed by atoms with van der Waals surface area (Å²) in [5, 5.41) is 1.16. The van der Waals surface area contributed by atoms with Crippen LogP contribution < -0.4 is 0 Å². The van der Waals surface area contributed by atoms with Gasteiger partial charge >= 0.3 is 0 Å². The molecule has 0 radical (unpaired) electrons. The molecule has 0 N–H and O–H groups in total. The number of alkyl halides is 1. The van der Waals surface area contributed by atoms with E-state index in [0.29, 0.717) is 0 Å². The maximum absolute atomic E-state index is 3.47. The molecule has 1 fully saturated rings. The van der Waals surface area contributed by atoms with Crippen molar-refractivity contribution in [2.24, 2.45) is 5.92 Å². The molecule has 2 unspecified atom stereocenters. The van der Waals surface area contributed by atoms with E-state index < -0.39 is 0 Å². The van der Waals surface area contributed by atoms with Gasteiger partial charge in [0.25, 0.3) is 0 Å². The highest BCUT2D eigenvalue weighted by Crippen LogP contribution is 2.22. The van der Waals surface area contributed by atoms with Crippen LogP contribution >= 0.6 is 15.9 Å². The Labute approximate surface area is 84.6 Å². The molecule has 72 valence electrons. The van der Waals surface area contributed by atoms with Crippen LogP contribution in [-0.4, -0.2) is 29.4 Å². The summed E-state index contributed by atoms with van der Waals surface area (Å²) in [5.74, 6) is 0.920. The second-order valence-corrected chi connectivity index (χ2v) is 4.87. The number of likely N-dealkylation sites (tertiary alicyclic amines) is 1. The molecule has 0 aliphatic carbocycles. The van der Waals surface area contributed by atoms with Crippen LogP contribution in [0.25, 0.3) is 0 Å². The van der Waals surface area contributed by atoms with Crippen LogP contribution in [0, 0.1) is 5.92 Å². The number of rotatable bonds is 4. The molecule has 0 aromatic carbocycles. The minimum atomic E-state index is 0.829. The number of unbranched alkanes of at least 4 members (excludes halogenated alkanes) is 1. The van der Waals surface area contributed by atoms with Crippen LogP contribution in [0.2, 0.25) is 0 Å². The van der Waals surface area contributed by atoms with Gasteiger partial charge in [-0.3, -0.25) is 0 Å². The SMILES string of the molecule is CC1CC(C)N(CCCCBr)C1. The molecule has 1 heterocycles. The van der Waals surface area contributed by atoms with Crippen molar-refractivity contribution in [1.29, 1.82) is 0 Å². The van der Waals surface area contributed by atoms with Crippen molar-refractivity contribution in [3.05, 3.63) is 0 Å². The van der Waals surface area contributed by atoms with Gasteiger partial charge in [0.1, 0.15) is 0 Å². The van der Waals surface area contributed by atoms with E-state index in [1.165, 1.54) is 32.4 Å². The Morgan fingerprint density at radius 3 is 2.58 bits per heavy atom. The summed E-state index contributed by atoms with van der Waals surface area (Å²) in [5.41, 5.74) is 0. The Morgan fingerprint density at radius 1 is 1.33 bits per heavy atom. The molecule has 2 heteroatoms. The molecule has 0 aromatic rings. The van der Waals surface area contributed by atoms with Crippen LogP contribution in [0.15, 0.2) is 0 Å². The zero-order chi connectivity index (χ0) is 8.97. The number of halogens is 1. The van der Waals surface area contributed by atoms with E-state index >= 15 is 0 Å². The third kappa shape index (κ3) is 3.06. The lowest BCUT2D eigenvalue weighted by Crippen LogP contribution is -2.28. The van der Waals surface area contributed by atoms with E-state index in [1.807, 2.05) is 0 Å². The molecule has 0 amide bonds. The zero-order valence-electron chi connectivity index (χ0n) is 8.22. The molecular formula is C10H20BrN. The van der Waals surface area contributed by atoms with Crippen molar-refractivity contribution in [3.8, 4) is 0 Å².